The average Bonchev–Trinajstić information content (AvgIpc) is 2.47. The Bertz CT molecular complexity index is 516. The highest BCUT2D eigenvalue weighted by Crippen LogP contribution is 2.30. The van der Waals surface area contributed by atoms with Crippen molar-refractivity contribution in [2.75, 3.05) is 19.8 Å². The van der Waals surface area contributed by atoms with Crippen molar-refractivity contribution in [3.63, 3.8) is 0 Å². The maximum Gasteiger partial charge on any atom is 0.223 e. The zero-order valence-corrected chi connectivity index (χ0v) is 12.5. The summed E-state index contributed by atoms with van der Waals surface area (Å²) in [4.78, 5) is 14.2. The second kappa shape index (κ2) is 7.36. The van der Waals surface area contributed by atoms with Gasteiger partial charge in [0.2, 0.25) is 5.91 Å². The predicted molar refractivity (Wildman–Crippen MR) is 80.5 cm³/mol. The summed E-state index contributed by atoms with van der Waals surface area (Å²) in [5, 5.41) is 0. The largest absolute Gasteiger partial charge is 0.377 e. The van der Waals surface area contributed by atoms with Crippen LogP contribution in [0.3, 0.4) is 0 Å². The van der Waals surface area contributed by atoms with E-state index in [0.717, 1.165) is 17.5 Å². The first-order valence-corrected chi connectivity index (χ1v) is 7.40. The summed E-state index contributed by atoms with van der Waals surface area (Å²) in [6, 6.07) is 4.85. The number of halogens is 1. The van der Waals surface area contributed by atoms with Gasteiger partial charge in [0.25, 0.3) is 0 Å². The summed E-state index contributed by atoms with van der Waals surface area (Å²) in [6.07, 6.45) is 3.62. The van der Waals surface area contributed by atoms with Gasteiger partial charge in [0.1, 0.15) is 5.82 Å². The second-order valence-electron chi connectivity index (χ2n) is 5.32. The Morgan fingerprint density at radius 3 is 3.14 bits per heavy atom. The number of hydrogen-bond donors (Lipinski definition) is 0. The van der Waals surface area contributed by atoms with E-state index in [1.807, 2.05) is 11.8 Å². The molecular weight excluding hydrogens is 269 g/mol. The van der Waals surface area contributed by atoms with Gasteiger partial charge in [-0.25, -0.2) is 4.39 Å². The third-order valence-corrected chi connectivity index (χ3v) is 3.88. The van der Waals surface area contributed by atoms with E-state index in [9.17, 15) is 9.18 Å². The monoisotopic (exact) mass is 291 g/mol. The highest BCUT2D eigenvalue weighted by Gasteiger charge is 2.27. The molecule has 1 atom stereocenters. The molecule has 0 bridgehead atoms. The van der Waals surface area contributed by atoms with Gasteiger partial charge in [-0.3, -0.25) is 4.79 Å². The van der Waals surface area contributed by atoms with Crippen LogP contribution in [0.4, 0.5) is 4.39 Å². The van der Waals surface area contributed by atoms with E-state index in [-0.39, 0.29) is 17.8 Å². The Labute approximate surface area is 125 Å². The molecule has 1 aromatic rings. The van der Waals surface area contributed by atoms with Crippen LogP contribution in [-0.4, -0.2) is 30.6 Å². The maximum absolute atomic E-state index is 13.2. The molecule has 1 aromatic carbocycles. The Balaban J connectivity index is 1.91. The number of amides is 1. The van der Waals surface area contributed by atoms with Crippen LogP contribution in [0.25, 0.3) is 0 Å². The van der Waals surface area contributed by atoms with Crippen molar-refractivity contribution < 1.29 is 13.9 Å². The summed E-state index contributed by atoms with van der Waals surface area (Å²) < 4.78 is 18.5. The van der Waals surface area contributed by atoms with Crippen LogP contribution >= 0.6 is 0 Å². The predicted octanol–water partition coefficient (Wildman–Crippen LogP) is 3.25. The molecule has 21 heavy (non-hydrogen) atoms. The van der Waals surface area contributed by atoms with Gasteiger partial charge in [-0.05, 0) is 43.0 Å². The minimum absolute atomic E-state index is 0.0101. The minimum Gasteiger partial charge on any atom is -0.377 e. The first kappa shape index (κ1) is 15.7. The number of nitrogens with zero attached hydrogens (tertiary/aromatic N) is 1. The Kier molecular flexibility index (Phi) is 5.51. The molecule has 1 amide bonds. The van der Waals surface area contributed by atoms with Crippen LogP contribution in [0.15, 0.2) is 30.9 Å². The highest BCUT2D eigenvalue weighted by molar-refractivity contribution is 5.77. The highest BCUT2D eigenvalue weighted by atomic mass is 19.1. The van der Waals surface area contributed by atoms with Gasteiger partial charge in [-0.15, -0.1) is 6.58 Å². The van der Waals surface area contributed by atoms with Crippen molar-refractivity contribution in [1.82, 2.24) is 4.90 Å². The molecule has 0 aromatic heterocycles. The van der Waals surface area contributed by atoms with Crippen molar-refractivity contribution in [2.45, 2.75) is 32.2 Å². The van der Waals surface area contributed by atoms with E-state index in [0.29, 0.717) is 32.6 Å². The van der Waals surface area contributed by atoms with E-state index in [4.69, 9.17) is 4.74 Å². The van der Waals surface area contributed by atoms with E-state index in [1.54, 1.807) is 18.2 Å². The molecule has 0 saturated heterocycles. The van der Waals surface area contributed by atoms with Gasteiger partial charge in [0.05, 0.1) is 12.6 Å². The summed E-state index contributed by atoms with van der Waals surface area (Å²) in [5.74, 6) is -0.0697. The molecule has 1 unspecified atom stereocenters. The third-order valence-electron chi connectivity index (χ3n) is 3.88. The Morgan fingerprint density at radius 1 is 1.57 bits per heavy atom. The lowest BCUT2D eigenvalue weighted by Gasteiger charge is -2.35. The fraction of sp³-hybridized carbons (Fsp3) is 0.471. The van der Waals surface area contributed by atoms with Crippen LogP contribution < -0.4 is 0 Å². The third kappa shape index (κ3) is 3.91. The number of carbonyl (C=O) groups excluding carboxylic acids is 1. The molecule has 2 rings (SSSR count). The minimum atomic E-state index is -0.208. The normalized spacial score (nSPS) is 17.4. The van der Waals surface area contributed by atoms with E-state index in [2.05, 4.69) is 6.58 Å². The molecule has 0 aliphatic carbocycles. The van der Waals surface area contributed by atoms with Crippen LogP contribution in [-0.2, 0) is 16.0 Å². The van der Waals surface area contributed by atoms with Crippen LogP contribution in [0.2, 0.25) is 0 Å². The van der Waals surface area contributed by atoms with E-state index >= 15 is 0 Å². The SMILES string of the molecule is C=CCOCCCC(=O)N1CCc2cc(F)ccc2C1C. The molecule has 0 saturated carbocycles. The quantitative estimate of drug-likeness (QED) is 0.595. The maximum atomic E-state index is 13.2. The van der Waals surface area contributed by atoms with Gasteiger partial charge in [0.15, 0.2) is 0 Å². The molecule has 1 aliphatic rings. The molecule has 0 radical (unpaired) electrons. The van der Waals surface area contributed by atoms with Crippen molar-refractivity contribution >= 4 is 5.91 Å². The lowest BCUT2D eigenvalue weighted by molar-refractivity contribution is -0.134. The Morgan fingerprint density at radius 2 is 2.38 bits per heavy atom. The van der Waals surface area contributed by atoms with Crippen LogP contribution in [0.5, 0.6) is 0 Å². The number of ether oxygens (including phenoxy) is 1. The van der Waals surface area contributed by atoms with Gasteiger partial charge in [-0.2, -0.15) is 0 Å². The average molecular weight is 291 g/mol. The zero-order valence-electron chi connectivity index (χ0n) is 12.5. The first-order chi connectivity index (χ1) is 10.1. The zero-order chi connectivity index (χ0) is 15.2. The number of benzene rings is 1. The first-order valence-electron chi connectivity index (χ1n) is 7.40. The standard InChI is InChI=1S/C17H22FNO2/c1-3-10-21-11-4-5-17(20)19-9-8-14-12-15(18)6-7-16(14)13(19)2/h3,6-7,12-13H,1,4-5,8-11H2,2H3. The van der Waals surface area contributed by atoms with Crippen molar-refractivity contribution in [2.24, 2.45) is 0 Å². The summed E-state index contributed by atoms with van der Waals surface area (Å²) in [5.41, 5.74) is 2.07. The van der Waals surface area contributed by atoms with E-state index in [1.165, 1.54) is 6.07 Å². The smallest absolute Gasteiger partial charge is 0.223 e. The number of hydrogen-bond acceptors (Lipinski definition) is 2. The number of fused-ring (bicyclic) bond motifs is 1. The lowest BCUT2D eigenvalue weighted by Crippen LogP contribution is -2.38. The molecule has 1 aliphatic heterocycles. The lowest BCUT2D eigenvalue weighted by atomic mass is 9.93. The summed E-state index contributed by atoms with van der Waals surface area (Å²) >= 11 is 0. The van der Waals surface area contributed by atoms with E-state index < -0.39 is 0 Å². The second-order valence-corrected chi connectivity index (χ2v) is 5.32. The van der Waals surface area contributed by atoms with Crippen LogP contribution in [0, 0.1) is 5.82 Å². The fourth-order valence-electron chi connectivity index (χ4n) is 2.78. The van der Waals surface area contributed by atoms with Gasteiger partial charge in [0, 0.05) is 19.6 Å². The number of carbonyl (C=O) groups is 1. The van der Waals surface area contributed by atoms with Crippen molar-refractivity contribution in [1.29, 1.82) is 0 Å². The molecule has 4 heteroatoms. The van der Waals surface area contributed by atoms with Crippen molar-refractivity contribution in [3.05, 3.63) is 47.8 Å². The molecule has 0 N–H and O–H groups in total. The molecule has 114 valence electrons. The van der Waals surface area contributed by atoms with Gasteiger partial charge >= 0.3 is 0 Å². The van der Waals surface area contributed by atoms with Gasteiger partial charge < -0.3 is 9.64 Å². The fourth-order valence-corrected chi connectivity index (χ4v) is 2.78. The molecule has 0 spiro atoms. The molecule has 3 nitrogen and oxygen atoms in total. The summed E-state index contributed by atoms with van der Waals surface area (Å²) in [6.45, 7) is 7.33. The number of rotatable bonds is 6. The molecule has 1 heterocycles. The Hall–Kier alpha value is -1.68. The van der Waals surface area contributed by atoms with Gasteiger partial charge in [-0.1, -0.05) is 12.1 Å². The summed E-state index contributed by atoms with van der Waals surface area (Å²) in [7, 11) is 0. The van der Waals surface area contributed by atoms with Crippen molar-refractivity contribution in [3.8, 4) is 0 Å². The molecule has 0 fully saturated rings. The van der Waals surface area contributed by atoms with Crippen LogP contribution in [0.1, 0.15) is 36.9 Å². The topological polar surface area (TPSA) is 29.5 Å². The molecular formula is C17H22FNO2.